The minimum Gasteiger partial charge on any atom is -0.480 e. The second-order valence-electron chi connectivity index (χ2n) is 6.06. The van der Waals surface area contributed by atoms with Gasteiger partial charge in [0.2, 0.25) is 0 Å². The van der Waals surface area contributed by atoms with E-state index in [2.05, 4.69) is 5.32 Å². The summed E-state index contributed by atoms with van der Waals surface area (Å²) in [5.74, 6) is -1.94. The lowest BCUT2D eigenvalue weighted by molar-refractivity contribution is -0.135. The molecule has 124 valence electrons. The molecule has 0 atom stereocenters. The Balaban J connectivity index is 2.65. The van der Waals surface area contributed by atoms with Crippen molar-refractivity contribution in [2.24, 2.45) is 0 Å². The number of aliphatic carboxylic acids is 1. The Bertz CT molecular complexity index is 776. The molecule has 0 aliphatic carbocycles. The van der Waals surface area contributed by atoms with Crippen LogP contribution in [0.2, 0.25) is 0 Å². The summed E-state index contributed by atoms with van der Waals surface area (Å²) >= 11 is 0. The van der Waals surface area contributed by atoms with Gasteiger partial charge in [0, 0.05) is 0 Å². The zero-order chi connectivity index (χ0) is 17.4. The molecule has 2 N–H and O–H groups in total. The highest BCUT2D eigenvalue weighted by atomic mass is 32.2. The molecule has 1 heterocycles. The molecule has 0 saturated carbocycles. The average molecular weight is 338 g/mol. The van der Waals surface area contributed by atoms with E-state index in [1.807, 2.05) is 0 Å². The first-order chi connectivity index (χ1) is 10.6. The number of benzene rings is 1. The fraction of sp³-hybridized carbons (Fsp3) is 0.333. The lowest BCUT2D eigenvalue weighted by Crippen LogP contribution is -2.47. The van der Waals surface area contributed by atoms with Crippen LogP contribution in [-0.2, 0) is 19.6 Å². The Morgan fingerprint density at radius 1 is 1.22 bits per heavy atom. The molecule has 1 aromatic rings. The van der Waals surface area contributed by atoms with Crippen molar-refractivity contribution >= 4 is 26.8 Å². The molecule has 7 nitrogen and oxygen atoms in total. The van der Waals surface area contributed by atoms with Gasteiger partial charge >= 0.3 is 5.97 Å². The fourth-order valence-corrected chi connectivity index (χ4v) is 4.46. The third-order valence-electron chi connectivity index (χ3n) is 3.19. The molecule has 2 rings (SSSR count). The minimum absolute atomic E-state index is 0.195. The molecule has 0 aromatic heterocycles. The molecule has 23 heavy (non-hydrogen) atoms. The highest BCUT2D eigenvalue weighted by Gasteiger charge is 2.49. The van der Waals surface area contributed by atoms with Crippen LogP contribution in [0.3, 0.4) is 0 Å². The van der Waals surface area contributed by atoms with Crippen molar-refractivity contribution in [3.8, 4) is 0 Å². The Labute approximate surface area is 134 Å². The van der Waals surface area contributed by atoms with Gasteiger partial charge in [0.25, 0.3) is 15.9 Å². The summed E-state index contributed by atoms with van der Waals surface area (Å²) in [7, 11) is -4.08. The van der Waals surface area contributed by atoms with E-state index in [1.54, 1.807) is 51.1 Å². The standard InChI is InChI=1S/C15H18N2O5S/c1-15(2,3)17-14(20)12(16-9-11(18)19)13(23(17,21)22)10-7-5-4-6-8-10/h4-8,16H,9H2,1-3H3,(H,18,19). The maximum absolute atomic E-state index is 12.9. The Morgan fingerprint density at radius 2 is 1.78 bits per heavy atom. The van der Waals surface area contributed by atoms with Crippen LogP contribution in [0.25, 0.3) is 4.91 Å². The van der Waals surface area contributed by atoms with E-state index in [4.69, 9.17) is 5.11 Å². The van der Waals surface area contributed by atoms with Gasteiger partial charge in [-0.25, -0.2) is 12.7 Å². The van der Waals surface area contributed by atoms with Gasteiger partial charge in [-0.05, 0) is 26.3 Å². The number of nitrogens with one attached hydrogen (secondary N) is 1. The number of carbonyl (C=O) groups is 2. The molecular weight excluding hydrogens is 320 g/mol. The normalized spacial score (nSPS) is 17.5. The Morgan fingerprint density at radius 3 is 2.26 bits per heavy atom. The van der Waals surface area contributed by atoms with Crippen molar-refractivity contribution in [2.45, 2.75) is 26.3 Å². The van der Waals surface area contributed by atoms with Crippen molar-refractivity contribution in [3.05, 3.63) is 41.6 Å². The minimum atomic E-state index is -4.08. The van der Waals surface area contributed by atoms with Gasteiger partial charge in [0.05, 0.1) is 5.54 Å². The smallest absolute Gasteiger partial charge is 0.322 e. The van der Waals surface area contributed by atoms with Crippen molar-refractivity contribution in [3.63, 3.8) is 0 Å². The predicted octanol–water partition coefficient (Wildman–Crippen LogP) is 1.000. The maximum atomic E-state index is 12.9. The number of hydrogen-bond donors (Lipinski definition) is 2. The van der Waals surface area contributed by atoms with E-state index >= 15 is 0 Å². The Kier molecular flexibility index (Phi) is 4.21. The molecule has 0 bridgehead atoms. The summed E-state index contributed by atoms with van der Waals surface area (Å²) in [5.41, 5.74) is -0.850. The van der Waals surface area contributed by atoms with E-state index in [1.165, 1.54) is 0 Å². The number of hydrogen-bond acceptors (Lipinski definition) is 5. The second-order valence-corrected chi connectivity index (χ2v) is 7.79. The van der Waals surface area contributed by atoms with E-state index in [0.29, 0.717) is 5.56 Å². The summed E-state index contributed by atoms with van der Waals surface area (Å²) in [5, 5.41) is 11.3. The maximum Gasteiger partial charge on any atom is 0.322 e. The summed E-state index contributed by atoms with van der Waals surface area (Å²) in [6, 6.07) is 8.15. The van der Waals surface area contributed by atoms with Crippen molar-refractivity contribution in [1.82, 2.24) is 9.62 Å². The van der Waals surface area contributed by atoms with Gasteiger partial charge in [-0.2, -0.15) is 0 Å². The molecule has 0 spiro atoms. The summed E-state index contributed by atoms with van der Waals surface area (Å²) in [4.78, 5) is 23.2. The van der Waals surface area contributed by atoms with Crippen LogP contribution in [0.1, 0.15) is 26.3 Å². The fourth-order valence-electron chi connectivity index (χ4n) is 2.40. The first-order valence-corrected chi connectivity index (χ1v) is 8.36. The number of sulfonamides is 1. The summed E-state index contributed by atoms with van der Waals surface area (Å²) in [6.45, 7) is 4.26. The zero-order valence-corrected chi connectivity index (χ0v) is 13.8. The van der Waals surface area contributed by atoms with Gasteiger partial charge in [0.1, 0.15) is 17.1 Å². The van der Waals surface area contributed by atoms with Crippen molar-refractivity contribution in [2.75, 3.05) is 6.54 Å². The number of amides is 1. The molecule has 0 fully saturated rings. The quantitative estimate of drug-likeness (QED) is 0.849. The highest BCUT2D eigenvalue weighted by Crippen LogP contribution is 2.38. The third kappa shape index (κ3) is 3.07. The van der Waals surface area contributed by atoms with Gasteiger partial charge in [-0.1, -0.05) is 30.3 Å². The largest absolute Gasteiger partial charge is 0.480 e. The van der Waals surface area contributed by atoms with Crippen molar-refractivity contribution < 1.29 is 23.1 Å². The highest BCUT2D eigenvalue weighted by molar-refractivity contribution is 7.99. The van der Waals surface area contributed by atoms with Gasteiger partial charge in [-0.3, -0.25) is 9.59 Å². The predicted molar refractivity (Wildman–Crippen MR) is 84.5 cm³/mol. The molecule has 0 unspecified atom stereocenters. The molecule has 0 radical (unpaired) electrons. The van der Waals surface area contributed by atoms with Gasteiger partial charge in [-0.15, -0.1) is 0 Å². The number of carbonyl (C=O) groups excluding carboxylic acids is 1. The molecule has 0 saturated heterocycles. The van der Waals surface area contributed by atoms with Crippen LogP contribution in [-0.4, -0.2) is 41.8 Å². The van der Waals surface area contributed by atoms with Gasteiger partial charge < -0.3 is 10.4 Å². The molecule has 1 aliphatic heterocycles. The van der Waals surface area contributed by atoms with Crippen LogP contribution < -0.4 is 5.32 Å². The first-order valence-electron chi connectivity index (χ1n) is 6.92. The molecule has 1 aromatic carbocycles. The molecule has 1 aliphatic rings. The van der Waals surface area contributed by atoms with Gasteiger partial charge in [0.15, 0.2) is 0 Å². The third-order valence-corrected chi connectivity index (χ3v) is 5.34. The average Bonchev–Trinajstić information content (AvgIpc) is 2.62. The van der Waals surface area contributed by atoms with E-state index in [-0.39, 0.29) is 10.6 Å². The second kappa shape index (κ2) is 5.69. The SMILES string of the molecule is CC(C)(C)N1C(=O)C(NCC(=O)O)=C(c2ccccc2)S1(=O)=O. The summed E-state index contributed by atoms with van der Waals surface area (Å²) in [6.07, 6.45) is 0. The van der Waals surface area contributed by atoms with Crippen LogP contribution in [0.4, 0.5) is 0 Å². The van der Waals surface area contributed by atoms with Crippen LogP contribution in [0.15, 0.2) is 36.0 Å². The topological polar surface area (TPSA) is 104 Å². The molecule has 1 amide bonds. The first kappa shape index (κ1) is 17.0. The lowest BCUT2D eigenvalue weighted by atomic mass is 10.1. The Hall–Kier alpha value is -2.35. The lowest BCUT2D eigenvalue weighted by Gasteiger charge is -2.30. The van der Waals surface area contributed by atoms with Crippen LogP contribution in [0.5, 0.6) is 0 Å². The van der Waals surface area contributed by atoms with Crippen molar-refractivity contribution in [1.29, 1.82) is 0 Å². The summed E-state index contributed by atoms with van der Waals surface area (Å²) < 4.78 is 26.5. The number of carboxylic acids is 1. The van der Waals surface area contributed by atoms with E-state index in [0.717, 1.165) is 4.31 Å². The molecule has 8 heteroatoms. The number of carboxylic acid groups (broad SMARTS) is 1. The molecular formula is C15H18N2O5S. The van der Waals surface area contributed by atoms with Crippen LogP contribution in [0, 0.1) is 0 Å². The number of rotatable bonds is 4. The van der Waals surface area contributed by atoms with Crippen LogP contribution >= 0.6 is 0 Å². The zero-order valence-electron chi connectivity index (χ0n) is 13.0. The monoisotopic (exact) mass is 338 g/mol. The number of nitrogens with zero attached hydrogens (tertiary/aromatic N) is 1. The van der Waals surface area contributed by atoms with E-state index < -0.39 is 34.0 Å². The van der Waals surface area contributed by atoms with E-state index in [9.17, 15) is 18.0 Å².